The van der Waals surface area contributed by atoms with Crippen LogP contribution in [0.1, 0.15) is 2.85 Å². The third kappa shape index (κ3) is 19.1. The monoisotopic (exact) mass is 296 g/mol. The Labute approximate surface area is 100.0 Å². The van der Waals surface area contributed by atoms with Crippen molar-refractivity contribution in [1.82, 2.24) is 0 Å². The number of rotatable bonds is 0. The van der Waals surface area contributed by atoms with Crippen molar-refractivity contribution in [3.05, 3.63) is 0 Å². The van der Waals surface area contributed by atoms with E-state index in [4.69, 9.17) is 0 Å². The smallest absolute Gasteiger partial charge is 0 e. The van der Waals surface area contributed by atoms with E-state index in [1.165, 1.54) is 8.85 Å². The molecule has 0 aromatic rings. The normalized spacial score (nSPS) is 1.80. The summed E-state index contributed by atoms with van der Waals surface area (Å²) in [5.41, 5.74) is 0. The van der Waals surface area contributed by atoms with E-state index in [2.05, 4.69) is 15.4 Å². The molecule has 0 spiro atoms. The molecule has 28 valence electrons. The first-order valence-electron chi connectivity index (χ1n) is 0.447. The van der Waals surface area contributed by atoms with Gasteiger partial charge in [-0.05, 0) is 0 Å². The van der Waals surface area contributed by atoms with Crippen LogP contribution in [0.15, 0.2) is 0 Å². The summed E-state index contributed by atoms with van der Waals surface area (Å²) in [4.78, 5) is 0. The molecular weight excluding hydrogens is 285 g/mol. The molecule has 0 aromatic carbocycles. The fraction of sp³-hybridized carbons (Fsp3) is 0. The summed E-state index contributed by atoms with van der Waals surface area (Å²) < 4.78 is 0. The maximum atomic E-state index is 2.45. The fourth-order valence-corrected chi connectivity index (χ4v) is 0. The third-order valence-electron chi connectivity index (χ3n) is 0. The first kappa shape index (κ1) is 24.2. The summed E-state index contributed by atoms with van der Waals surface area (Å²) in [5, 5.41) is 0. The van der Waals surface area contributed by atoms with Gasteiger partial charge in [0.1, 0.15) is 0 Å². The van der Waals surface area contributed by atoms with Crippen molar-refractivity contribution in [2.75, 3.05) is 0 Å². The van der Waals surface area contributed by atoms with Crippen LogP contribution < -0.4 is 0 Å². The minimum atomic E-state index is 0. The molecule has 0 aliphatic carbocycles. The van der Waals surface area contributed by atoms with Crippen LogP contribution in [0.25, 0.3) is 0 Å². The predicted molar refractivity (Wildman–Crippen MR) is 36.4 cm³/mol. The quantitative estimate of drug-likeness (QED) is 0.408. The summed E-state index contributed by atoms with van der Waals surface area (Å²) in [6.07, 6.45) is 0. The van der Waals surface area contributed by atoms with Crippen LogP contribution in [-0.2, 0) is 19.5 Å². The van der Waals surface area contributed by atoms with Gasteiger partial charge in [-0.15, -0.1) is 0 Å². The predicted octanol–water partition coefficient (Wildman–Crippen LogP) is -3.44. The van der Waals surface area contributed by atoms with Crippen molar-refractivity contribution in [3.8, 4) is 0 Å². The SMILES string of the molecule is [Ca+2].[GeH4].[H-].[H-].[SiH3][SeH].[Zn]. The zero-order valence-electron chi connectivity index (χ0n) is 4.86. The minimum absolute atomic E-state index is 0. The second-order valence-electron chi connectivity index (χ2n) is 0. The van der Waals surface area contributed by atoms with Gasteiger partial charge in [0.15, 0.2) is 0 Å². The molecule has 0 aliphatic heterocycles. The summed E-state index contributed by atoms with van der Waals surface area (Å²) >= 11 is 2.45. The van der Waals surface area contributed by atoms with Gasteiger partial charge < -0.3 is 2.85 Å². The van der Waals surface area contributed by atoms with Gasteiger partial charge in [0, 0.05) is 19.5 Å². The number of hydrogen-bond donors (Lipinski definition) is 0. The molecule has 0 unspecified atom stereocenters. The van der Waals surface area contributed by atoms with Crippen molar-refractivity contribution < 1.29 is 22.3 Å². The van der Waals surface area contributed by atoms with Gasteiger partial charge in [0.25, 0.3) is 0 Å². The molecule has 0 heterocycles. The Balaban J connectivity index is -0.000000000500. The molecular formula is H10CaGeSeSiZn. The summed E-state index contributed by atoms with van der Waals surface area (Å²) in [5.74, 6) is 0. The zero-order chi connectivity index (χ0) is 2.00. The molecule has 0 radical (unpaired) electrons. The van der Waals surface area contributed by atoms with Crippen molar-refractivity contribution in [2.24, 2.45) is 0 Å². The van der Waals surface area contributed by atoms with Crippen molar-refractivity contribution in [3.63, 3.8) is 0 Å². The molecule has 0 rings (SSSR count). The molecule has 5 heavy (non-hydrogen) atoms. The first-order valence-corrected chi connectivity index (χ1v) is 6.97. The summed E-state index contributed by atoms with van der Waals surface area (Å²) in [7, 11) is 1.24. The zero-order valence-corrected chi connectivity index (χ0v) is 11.9. The largest absolute Gasteiger partial charge is 0 e. The van der Waals surface area contributed by atoms with Gasteiger partial charge in [0.05, 0.1) is 0 Å². The van der Waals surface area contributed by atoms with Crippen LogP contribution in [0.4, 0.5) is 0 Å². The topological polar surface area (TPSA) is 0 Å². The molecule has 0 atom stereocenters. The molecule has 5 heteroatoms. The maximum absolute atomic E-state index is 2.45. The van der Waals surface area contributed by atoms with Gasteiger partial charge in [-0.2, -0.15) is 0 Å². The molecule has 0 amide bonds. The summed E-state index contributed by atoms with van der Waals surface area (Å²) in [6.45, 7) is 0. The van der Waals surface area contributed by atoms with E-state index in [9.17, 15) is 0 Å². The Bertz CT molecular complexity index is 17.7. The van der Waals surface area contributed by atoms with Crippen LogP contribution in [0.5, 0.6) is 0 Å². The third-order valence-corrected chi connectivity index (χ3v) is 0. The van der Waals surface area contributed by atoms with Crippen LogP contribution in [-0.4, -0.2) is 79.6 Å². The van der Waals surface area contributed by atoms with Crippen molar-refractivity contribution in [2.45, 2.75) is 0 Å². The second kappa shape index (κ2) is 27.2. The standard InChI is InChI=1S/Ca.GeH4.H4SeSi.Zn.2H/c;;1-2;;;/h;1H4;1H,2H3;;;/q+2;;;;2*-1. The fourth-order valence-electron chi connectivity index (χ4n) is 0. The Kier molecular flexibility index (Phi) is 131. The van der Waals surface area contributed by atoms with Gasteiger partial charge in [0.2, 0.25) is 0 Å². The van der Waals surface area contributed by atoms with Gasteiger partial charge >= 0.3 is 79.6 Å². The maximum Gasteiger partial charge on any atom is 0 e. The van der Waals surface area contributed by atoms with Crippen LogP contribution >= 0.6 is 0 Å². The number of hydrogen-bond acceptors (Lipinski definition) is 0. The van der Waals surface area contributed by atoms with E-state index in [1.807, 2.05) is 0 Å². The van der Waals surface area contributed by atoms with Crippen molar-refractivity contribution in [1.29, 1.82) is 0 Å². The minimum Gasteiger partial charge on any atom is 0 e. The molecule has 0 aliphatic rings. The molecule has 0 N–H and O–H groups in total. The molecule has 0 saturated carbocycles. The van der Waals surface area contributed by atoms with E-state index >= 15 is 0 Å². The van der Waals surface area contributed by atoms with Crippen LogP contribution in [0.3, 0.4) is 0 Å². The average molecular weight is 295 g/mol. The second-order valence-corrected chi connectivity index (χ2v) is 0. The van der Waals surface area contributed by atoms with Gasteiger partial charge in [-0.3, -0.25) is 0 Å². The average Bonchev–Trinajstić information content (AvgIpc) is 1.00. The van der Waals surface area contributed by atoms with E-state index in [1.54, 1.807) is 0 Å². The Morgan fingerprint density at radius 1 is 1.40 bits per heavy atom. The Morgan fingerprint density at radius 2 is 1.40 bits per heavy atom. The van der Waals surface area contributed by atoms with Crippen molar-refractivity contribution >= 4 is 79.6 Å². The van der Waals surface area contributed by atoms with Crippen LogP contribution in [0.2, 0.25) is 0 Å². The Hall–Kier alpha value is 3.16. The molecule has 0 bridgehead atoms. The van der Waals surface area contributed by atoms with Crippen LogP contribution in [0, 0.1) is 0 Å². The first-order chi connectivity index (χ1) is 1.00. The van der Waals surface area contributed by atoms with Gasteiger partial charge in [-0.25, -0.2) is 0 Å². The van der Waals surface area contributed by atoms with E-state index in [0.717, 1.165) is 0 Å². The van der Waals surface area contributed by atoms with Gasteiger partial charge in [-0.1, -0.05) is 0 Å². The summed E-state index contributed by atoms with van der Waals surface area (Å²) in [6, 6.07) is 0. The molecule has 0 fully saturated rings. The van der Waals surface area contributed by atoms with E-state index in [-0.39, 0.29) is 77.7 Å². The van der Waals surface area contributed by atoms with E-state index < -0.39 is 0 Å². The molecule has 0 saturated heterocycles. The molecule has 0 nitrogen and oxygen atoms in total. The Morgan fingerprint density at radius 3 is 1.40 bits per heavy atom. The molecule has 0 aromatic heterocycles. The van der Waals surface area contributed by atoms with E-state index in [0.29, 0.717) is 0 Å².